The van der Waals surface area contributed by atoms with E-state index in [1.165, 1.54) is 11.3 Å². The molecule has 0 spiro atoms. The molecule has 0 saturated heterocycles. The second kappa shape index (κ2) is 4.95. The molecule has 0 radical (unpaired) electrons. The Balaban J connectivity index is 0.00000121. The zero-order valence-electron chi connectivity index (χ0n) is 6.19. The highest BCUT2D eigenvalue weighted by atomic mass is 35.5. The number of hydrogen-bond acceptors (Lipinski definition) is 4. The fraction of sp³-hybridized carbons (Fsp3) is 0.333. The first-order valence-electron chi connectivity index (χ1n) is 3.10. The molecule has 0 aliphatic heterocycles. The molecular weight excluding hydrogens is 200 g/mol. The summed E-state index contributed by atoms with van der Waals surface area (Å²) in [5, 5.41) is 8.83. The van der Waals surface area contributed by atoms with E-state index in [0.29, 0.717) is 11.6 Å². The van der Waals surface area contributed by atoms with Crippen molar-refractivity contribution in [3.05, 3.63) is 11.1 Å². The molecule has 0 saturated carbocycles. The average Bonchev–Trinajstić information content (AvgIpc) is 2.31. The largest absolute Gasteiger partial charge is 0.481 e. The molecule has 0 atom stereocenters. The highest BCUT2D eigenvalue weighted by Gasteiger charge is 2.01. The summed E-state index contributed by atoms with van der Waals surface area (Å²) in [4.78, 5) is 14.9. The highest BCUT2D eigenvalue weighted by Crippen LogP contribution is 2.15. The van der Waals surface area contributed by atoms with Crippen molar-refractivity contribution >= 4 is 34.8 Å². The Hall–Kier alpha value is -0.810. The van der Waals surface area contributed by atoms with Crippen molar-refractivity contribution in [1.29, 1.82) is 0 Å². The Morgan fingerprint density at radius 1 is 1.75 bits per heavy atom. The lowest BCUT2D eigenvalue weighted by Gasteiger charge is -1.88. The first kappa shape index (κ1) is 11.2. The van der Waals surface area contributed by atoms with Crippen LogP contribution in [0.15, 0.2) is 6.20 Å². The van der Waals surface area contributed by atoms with Gasteiger partial charge in [-0.2, -0.15) is 0 Å². The number of nitrogens with two attached hydrogens (primary N) is 1. The number of nitrogen functional groups attached to an aromatic ring is 1. The third-order valence-electron chi connectivity index (χ3n) is 1.16. The van der Waals surface area contributed by atoms with Gasteiger partial charge >= 0.3 is 5.97 Å². The number of carboxylic acid groups (broad SMARTS) is 1. The predicted molar refractivity (Wildman–Crippen MR) is 49.7 cm³/mol. The number of rotatable bonds is 3. The maximum Gasteiger partial charge on any atom is 0.303 e. The van der Waals surface area contributed by atoms with Gasteiger partial charge in [0.25, 0.3) is 0 Å². The van der Waals surface area contributed by atoms with Gasteiger partial charge in [-0.25, -0.2) is 4.98 Å². The van der Waals surface area contributed by atoms with Crippen LogP contribution in [0.4, 0.5) is 5.13 Å². The molecule has 0 unspecified atom stereocenters. The number of aryl methyl sites for hydroxylation is 1. The van der Waals surface area contributed by atoms with Crippen molar-refractivity contribution in [3.63, 3.8) is 0 Å². The number of anilines is 1. The Labute approximate surface area is 79.8 Å². The standard InChI is InChI=1S/C6H8N2O2S.ClH/c7-6-8-3-4(11-6)1-2-5(9)10;/h3H,1-2H2,(H2,7,8)(H,9,10);1H. The molecule has 0 aliphatic carbocycles. The van der Waals surface area contributed by atoms with E-state index in [1.54, 1.807) is 6.20 Å². The molecule has 12 heavy (non-hydrogen) atoms. The number of thiazole rings is 1. The Kier molecular flexibility index (Phi) is 4.61. The summed E-state index contributed by atoms with van der Waals surface area (Å²) in [5.74, 6) is -0.794. The van der Waals surface area contributed by atoms with Crippen LogP contribution in [-0.2, 0) is 11.2 Å². The summed E-state index contributed by atoms with van der Waals surface area (Å²) < 4.78 is 0. The first-order valence-corrected chi connectivity index (χ1v) is 3.92. The second-order valence-electron chi connectivity index (χ2n) is 2.06. The third kappa shape index (κ3) is 3.54. The van der Waals surface area contributed by atoms with Crippen LogP contribution in [-0.4, -0.2) is 16.1 Å². The second-order valence-corrected chi connectivity index (χ2v) is 3.21. The molecule has 4 nitrogen and oxygen atoms in total. The van der Waals surface area contributed by atoms with Gasteiger partial charge in [0.15, 0.2) is 5.13 Å². The van der Waals surface area contributed by atoms with Crippen molar-refractivity contribution in [1.82, 2.24) is 4.98 Å². The molecule has 0 aliphatic rings. The van der Waals surface area contributed by atoms with Gasteiger partial charge in [-0.1, -0.05) is 0 Å². The van der Waals surface area contributed by atoms with E-state index in [-0.39, 0.29) is 18.8 Å². The van der Waals surface area contributed by atoms with Crippen LogP contribution < -0.4 is 5.73 Å². The zero-order valence-corrected chi connectivity index (χ0v) is 7.82. The number of nitrogens with zero attached hydrogens (tertiary/aromatic N) is 1. The molecule has 0 amide bonds. The van der Waals surface area contributed by atoms with E-state index in [0.717, 1.165) is 4.88 Å². The summed E-state index contributed by atoms with van der Waals surface area (Å²) in [6.07, 6.45) is 2.27. The summed E-state index contributed by atoms with van der Waals surface area (Å²) in [6.45, 7) is 0. The normalized spacial score (nSPS) is 9.00. The maximum atomic E-state index is 10.1. The molecule has 1 rings (SSSR count). The van der Waals surface area contributed by atoms with Gasteiger partial charge in [-0.05, 0) is 6.42 Å². The minimum atomic E-state index is -0.794. The Morgan fingerprint density at radius 2 is 2.42 bits per heavy atom. The molecule has 0 aromatic carbocycles. The fourth-order valence-corrected chi connectivity index (χ4v) is 1.35. The quantitative estimate of drug-likeness (QED) is 0.782. The SMILES string of the molecule is Cl.Nc1ncc(CCC(=O)O)s1. The number of carbonyl (C=O) groups is 1. The summed E-state index contributed by atoms with van der Waals surface area (Å²) in [5.41, 5.74) is 5.34. The van der Waals surface area contributed by atoms with Crippen molar-refractivity contribution in [2.45, 2.75) is 12.8 Å². The van der Waals surface area contributed by atoms with Crippen LogP contribution in [0.3, 0.4) is 0 Å². The minimum Gasteiger partial charge on any atom is -0.481 e. The average molecular weight is 209 g/mol. The summed E-state index contributed by atoms with van der Waals surface area (Å²) >= 11 is 1.33. The van der Waals surface area contributed by atoms with E-state index in [9.17, 15) is 4.79 Å². The number of aromatic nitrogens is 1. The van der Waals surface area contributed by atoms with Gasteiger partial charge in [0.2, 0.25) is 0 Å². The monoisotopic (exact) mass is 208 g/mol. The van der Waals surface area contributed by atoms with Gasteiger partial charge in [-0.15, -0.1) is 23.7 Å². The van der Waals surface area contributed by atoms with Crippen molar-refractivity contribution in [2.24, 2.45) is 0 Å². The maximum absolute atomic E-state index is 10.1. The van der Waals surface area contributed by atoms with Gasteiger partial charge in [0.1, 0.15) is 0 Å². The van der Waals surface area contributed by atoms with Crippen LogP contribution in [0.1, 0.15) is 11.3 Å². The summed E-state index contributed by atoms with van der Waals surface area (Å²) in [7, 11) is 0. The Bertz CT molecular complexity index is 264. The number of halogens is 1. The molecule has 6 heteroatoms. The van der Waals surface area contributed by atoms with Gasteiger partial charge < -0.3 is 10.8 Å². The summed E-state index contributed by atoms with van der Waals surface area (Å²) in [6, 6.07) is 0. The number of aliphatic carboxylic acids is 1. The van der Waals surface area contributed by atoms with Gasteiger partial charge in [0, 0.05) is 11.1 Å². The fourth-order valence-electron chi connectivity index (χ4n) is 0.668. The molecule has 0 fully saturated rings. The number of carboxylic acids is 1. The molecule has 68 valence electrons. The van der Waals surface area contributed by atoms with Crippen molar-refractivity contribution in [2.75, 3.05) is 5.73 Å². The van der Waals surface area contributed by atoms with Crippen LogP contribution in [0.5, 0.6) is 0 Å². The molecule has 0 bridgehead atoms. The highest BCUT2D eigenvalue weighted by molar-refractivity contribution is 7.15. The number of hydrogen-bond donors (Lipinski definition) is 2. The molecule has 1 aromatic rings. The van der Waals surface area contributed by atoms with Gasteiger partial charge in [-0.3, -0.25) is 4.79 Å². The van der Waals surface area contributed by atoms with E-state index in [4.69, 9.17) is 10.8 Å². The van der Waals surface area contributed by atoms with Crippen molar-refractivity contribution in [3.8, 4) is 0 Å². The predicted octanol–water partition coefficient (Wildman–Crippen LogP) is 1.16. The lowest BCUT2D eigenvalue weighted by atomic mass is 10.3. The van der Waals surface area contributed by atoms with E-state index in [2.05, 4.69) is 4.98 Å². The zero-order chi connectivity index (χ0) is 8.27. The molecule has 3 N–H and O–H groups in total. The molecular formula is C6H9ClN2O2S. The third-order valence-corrected chi connectivity index (χ3v) is 2.04. The van der Waals surface area contributed by atoms with E-state index < -0.39 is 5.97 Å². The lowest BCUT2D eigenvalue weighted by Crippen LogP contribution is -1.95. The van der Waals surface area contributed by atoms with Crippen molar-refractivity contribution < 1.29 is 9.90 Å². The molecule has 1 aromatic heterocycles. The topological polar surface area (TPSA) is 76.2 Å². The molecule has 1 heterocycles. The van der Waals surface area contributed by atoms with Crippen LogP contribution in [0.25, 0.3) is 0 Å². The van der Waals surface area contributed by atoms with E-state index >= 15 is 0 Å². The Morgan fingerprint density at radius 3 is 2.83 bits per heavy atom. The van der Waals surface area contributed by atoms with Crippen LogP contribution in [0, 0.1) is 0 Å². The first-order chi connectivity index (χ1) is 5.18. The minimum absolute atomic E-state index is 0. The van der Waals surface area contributed by atoms with E-state index in [1.807, 2.05) is 0 Å². The van der Waals surface area contributed by atoms with Gasteiger partial charge in [0.05, 0.1) is 6.42 Å². The van der Waals surface area contributed by atoms with Crippen LogP contribution >= 0.6 is 23.7 Å². The smallest absolute Gasteiger partial charge is 0.303 e. The van der Waals surface area contributed by atoms with Crippen LogP contribution in [0.2, 0.25) is 0 Å². The lowest BCUT2D eigenvalue weighted by molar-refractivity contribution is -0.136.